The van der Waals surface area contributed by atoms with Gasteiger partial charge in [-0.15, -0.1) is 11.3 Å². The van der Waals surface area contributed by atoms with E-state index in [-0.39, 0.29) is 5.43 Å². The van der Waals surface area contributed by atoms with Gasteiger partial charge in [0.15, 0.2) is 5.43 Å². The van der Waals surface area contributed by atoms with Gasteiger partial charge in [0, 0.05) is 23.7 Å². The highest BCUT2D eigenvalue weighted by Crippen LogP contribution is 2.32. The molecule has 0 aliphatic heterocycles. The number of anilines is 1. The summed E-state index contributed by atoms with van der Waals surface area (Å²) in [6, 6.07) is 13.8. The summed E-state index contributed by atoms with van der Waals surface area (Å²) in [6.45, 7) is 3.94. The van der Waals surface area contributed by atoms with Crippen molar-refractivity contribution in [3.63, 3.8) is 0 Å². The normalized spacial score (nSPS) is 12.2. The number of thiophene rings is 1. The molecule has 4 heteroatoms. The van der Waals surface area contributed by atoms with Gasteiger partial charge in [-0.1, -0.05) is 42.5 Å². The molecule has 3 aromatic rings. The Morgan fingerprint density at radius 2 is 1.92 bits per heavy atom. The topological polar surface area (TPSA) is 34.0 Å². The Bertz CT molecular complexity index is 978. The molecule has 0 bridgehead atoms. The fourth-order valence-corrected chi connectivity index (χ4v) is 3.76. The molecule has 0 spiro atoms. The minimum absolute atomic E-state index is 0.0416. The monoisotopic (exact) mass is 336 g/mol. The molecule has 0 radical (unpaired) electrons. The van der Waals surface area contributed by atoms with Crippen molar-refractivity contribution in [2.24, 2.45) is 7.05 Å². The van der Waals surface area contributed by atoms with Gasteiger partial charge in [0.2, 0.25) is 0 Å². The summed E-state index contributed by atoms with van der Waals surface area (Å²) in [7, 11) is 1.98. The van der Waals surface area contributed by atoms with Gasteiger partial charge >= 0.3 is 0 Å². The molecule has 1 N–H and O–H groups in total. The lowest BCUT2D eigenvalue weighted by Crippen LogP contribution is -2.11. The van der Waals surface area contributed by atoms with Crippen LogP contribution in [0.5, 0.6) is 0 Å². The number of hydrogen-bond acceptors (Lipinski definition) is 3. The fourth-order valence-electron chi connectivity index (χ4n) is 2.62. The summed E-state index contributed by atoms with van der Waals surface area (Å²) in [5.74, 6) is 0.792. The summed E-state index contributed by atoms with van der Waals surface area (Å²) < 4.78 is 2.04. The smallest absolute Gasteiger partial charge is 0.192 e. The molecule has 2 aromatic heterocycles. The minimum atomic E-state index is 0.0416. The third-order valence-corrected chi connectivity index (χ3v) is 5.16. The van der Waals surface area contributed by atoms with Crippen molar-refractivity contribution < 1.29 is 0 Å². The van der Waals surface area contributed by atoms with E-state index in [9.17, 15) is 4.79 Å². The lowest BCUT2D eigenvalue weighted by atomic mass is 10.2. The zero-order valence-corrected chi connectivity index (χ0v) is 14.9. The summed E-state index contributed by atoms with van der Waals surface area (Å²) in [5.41, 5.74) is 2.14. The van der Waals surface area contributed by atoms with Crippen LogP contribution in [0, 0.1) is 0 Å². The number of allylic oxidation sites excluding steroid dienone is 3. The number of aryl methyl sites for hydroxylation is 1. The van der Waals surface area contributed by atoms with Crippen LogP contribution in [0.4, 0.5) is 5.82 Å². The van der Waals surface area contributed by atoms with Crippen LogP contribution in [0.15, 0.2) is 71.2 Å². The zero-order valence-electron chi connectivity index (χ0n) is 14.0. The highest BCUT2D eigenvalue weighted by Gasteiger charge is 2.12. The number of benzene rings is 1. The summed E-state index contributed by atoms with van der Waals surface area (Å²) in [6.07, 6.45) is 5.94. The molecule has 2 heterocycles. The van der Waals surface area contributed by atoms with E-state index in [4.69, 9.17) is 0 Å². The summed E-state index contributed by atoms with van der Waals surface area (Å²) >= 11 is 1.64. The molecule has 122 valence electrons. The molecular weight excluding hydrogens is 316 g/mol. The van der Waals surface area contributed by atoms with E-state index >= 15 is 0 Å². The molecule has 24 heavy (non-hydrogen) atoms. The maximum atomic E-state index is 12.5. The van der Waals surface area contributed by atoms with Crippen molar-refractivity contribution in [2.75, 3.05) is 5.32 Å². The number of pyridine rings is 1. The Balaban J connectivity index is 2.12. The van der Waals surface area contributed by atoms with Crippen LogP contribution in [-0.2, 0) is 7.05 Å². The summed E-state index contributed by atoms with van der Waals surface area (Å²) in [4.78, 5) is 14.6. The Morgan fingerprint density at radius 1 is 1.17 bits per heavy atom. The van der Waals surface area contributed by atoms with Crippen molar-refractivity contribution in [3.8, 4) is 10.4 Å². The molecule has 0 saturated carbocycles. The minimum Gasteiger partial charge on any atom is -0.342 e. The molecule has 3 rings (SSSR count). The highest BCUT2D eigenvalue weighted by atomic mass is 32.1. The maximum Gasteiger partial charge on any atom is 0.192 e. The molecule has 1 aromatic carbocycles. The van der Waals surface area contributed by atoms with Crippen LogP contribution >= 0.6 is 11.3 Å². The molecule has 3 nitrogen and oxygen atoms in total. The van der Waals surface area contributed by atoms with Gasteiger partial charge in [0.25, 0.3) is 0 Å². The lowest BCUT2D eigenvalue weighted by molar-refractivity contribution is 0.965. The van der Waals surface area contributed by atoms with E-state index in [1.54, 1.807) is 17.4 Å². The van der Waals surface area contributed by atoms with Crippen LogP contribution in [0.3, 0.4) is 0 Å². The SMILES string of the molecule is C/C=C\C(=C/C)Nc1cc(=O)c2cc(-c3ccccc3)sc2n1C. The van der Waals surface area contributed by atoms with E-state index in [0.29, 0.717) is 0 Å². The standard InChI is InChI=1S/C20H20N2OS/c1-4-9-15(5-2)21-19-13-17(23)16-12-18(24-20(16)22(19)3)14-10-7-6-8-11-14/h4-13,21H,1-3H3/b9-4-,15-5+. The van der Waals surface area contributed by atoms with Crippen LogP contribution in [0.2, 0.25) is 0 Å². The lowest BCUT2D eigenvalue weighted by Gasteiger charge is -2.12. The predicted molar refractivity (Wildman–Crippen MR) is 105 cm³/mol. The van der Waals surface area contributed by atoms with Gasteiger partial charge in [0.05, 0.1) is 5.39 Å². The molecule has 0 fully saturated rings. The molecular formula is C20H20N2OS. The van der Waals surface area contributed by atoms with Crippen molar-refractivity contribution in [1.82, 2.24) is 4.57 Å². The van der Waals surface area contributed by atoms with Crippen molar-refractivity contribution in [3.05, 3.63) is 76.6 Å². The van der Waals surface area contributed by atoms with Crippen LogP contribution in [0.25, 0.3) is 20.7 Å². The molecule has 0 amide bonds. The van der Waals surface area contributed by atoms with Gasteiger partial charge < -0.3 is 9.88 Å². The van der Waals surface area contributed by atoms with Crippen LogP contribution < -0.4 is 10.7 Å². The Labute approximate surface area is 145 Å². The quantitative estimate of drug-likeness (QED) is 0.668. The van der Waals surface area contributed by atoms with Gasteiger partial charge in [-0.3, -0.25) is 4.79 Å². The largest absolute Gasteiger partial charge is 0.342 e. The predicted octanol–water partition coefficient (Wildman–Crippen LogP) is 5.16. The number of rotatable bonds is 4. The Hall–Kier alpha value is -2.59. The summed E-state index contributed by atoms with van der Waals surface area (Å²) in [5, 5.41) is 4.09. The van der Waals surface area contributed by atoms with Crippen molar-refractivity contribution >= 4 is 27.4 Å². The first-order chi connectivity index (χ1) is 11.6. The van der Waals surface area contributed by atoms with E-state index in [1.807, 2.05) is 68.0 Å². The zero-order chi connectivity index (χ0) is 17.1. The van der Waals surface area contributed by atoms with Gasteiger partial charge in [0.1, 0.15) is 10.6 Å². The first-order valence-electron chi connectivity index (χ1n) is 7.89. The highest BCUT2D eigenvalue weighted by molar-refractivity contribution is 7.21. The molecule has 0 saturated heterocycles. The van der Waals surface area contributed by atoms with Gasteiger partial charge in [-0.05, 0) is 31.6 Å². The molecule has 0 atom stereocenters. The molecule has 0 unspecified atom stereocenters. The Kier molecular flexibility index (Phi) is 4.67. The average molecular weight is 336 g/mol. The van der Waals surface area contributed by atoms with Crippen LogP contribution in [-0.4, -0.2) is 4.57 Å². The first-order valence-corrected chi connectivity index (χ1v) is 8.70. The third-order valence-electron chi connectivity index (χ3n) is 3.90. The molecule has 0 aliphatic rings. The second-order valence-electron chi connectivity index (χ2n) is 5.52. The fraction of sp³-hybridized carbons (Fsp3) is 0.150. The van der Waals surface area contributed by atoms with E-state index in [0.717, 1.165) is 32.2 Å². The van der Waals surface area contributed by atoms with E-state index < -0.39 is 0 Å². The first kappa shape index (κ1) is 16.3. The van der Waals surface area contributed by atoms with Gasteiger partial charge in [-0.25, -0.2) is 0 Å². The van der Waals surface area contributed by atoms with E-state index in [2.05, 4.69) is 17.4 Å². The molecule has 0 aliphatic carbocycles. The second kappa shape index (κ2) is 6.89. The second-order valence-corrected chi connectivity index (χ2v) is 6.55. The average Bonchev–Trinajstić information content (AvgIpc) is 3.06. The number of aromatic nitrogens is 1. The number of hydrogen-bond donors (Lipinski definition) is 1. The van der Waals surface area contributed by atoms with Crippen molar-refractivity contribution in [1.29, 1.82) is 0 Å². The van der Waals surface area contributed by atoms with Crippen molar-refractivity contribution in [2.45, 2.75) is 13.8 Å². The van der Waals surface area contributed by atoms with E-state index in [1.165, 1.54) is 0 Å². The number of fused-ring (bicyclic) bond motifs is 1. The van der Waals surface area contributed by atoms with Gasteiger partial charge in [-0.2, -0.15) is 0 Å². The third kappa shape index (κ3) is 3.05. The Morgan fingerprint density at radius 3 is 2.58 bits per heavy atom. The number of nitrogens with zero attached hydrogens (tertiary/aromatic N) is 1. The number of nitrogens with one attached hydrogen (secondary N) is 1. The maximum absolute atomic E-state index is 12.5. The van der Waals surface area contributed by atoms with Crippen LogP contribution in [0.1, 0.15) is 13.8 Å².